The number of nitrogens with zero attached hydrogens (tertiary/aromatic N) is 1. The Morgan fingerprint density at radius 1 is 1.43 bits per heavy atom. The monoisotopic (exact) mass is 307 g/mol. The van der Waals surface area contributed by atoms with Crippen molar-refractivity contribution < 1.29 is 14.3 Å². The minimum Gasteiger partial charge on any atom is -0.462 e. The van der Waals surface area contributed by atoms with E-state index >= 15 is 0 Å². The summed E-state index contributed by atoms with van der Waals surface area (Å²) in [6, 6.07) is 3.29. The van der Waals surface area contributed by atoms with Crippen molar-refractivity contribution in [1.29, 1.82) is 0 Å². The number of carbonyl (C=O) groups is 2. The topological polar surface area (TPSA) is 86.3 Å². The zero-order chi connectivity index (χ0) is 15.6. The van der Waals surface area contributed by atoms with Gasteiger partial charge in [-0.2, -0.15) is 0 Å². The average Bonchev–Trinajstić information content (AvgIpc) is 2.92. The van der Waals surface area contributed by atoms with E-state index < -0.39 is 5.97 Å². The maximum Gasteiger partial charge on any atom is 0.341 e. The van der Waals surface area contributed by atoms with Gasteiger partial charge in [-0.3, -0.25) is 4.79 Å². The second kappa shape index (κ2) is 6.01. The van der Waals surface area contributed by atoms with Crippen LogP contribution in [0.15, 0.2) is 18.3 Å². The summed E-state index contributed by atoms with van der Waals surface area (Å²) < 4.78 is 6.62. The largest absolute Gasteiger partial charge is 0.462 e. The average molecular weight is 307 g/mol. The van der Waals surface area contributed by atoms with Gasteiger partial charge in [0.15, 0.2) is 0 Å². The Hall–Kier alpha value is -2.28. The molecule has 2 heterocycles. The van der Waals surface area contributed by atoms with E-state index in [4.69, 9.17) is 10.5 Å². The number of nitrogens with one attached hydrogen (secondary N) is 1. The van der Waals surface area contributed by atoms with Crippen molar-refractivity contribution in [2.75, 3.05) is 17.7 Å². The molecule has 0 fully saturated rings. The molecule has 112 valence electrons. The lowest BCUT2D eigenvalue weighted by atomic mass is 10.3. The lowest BCUT2D eigenvalue weighted by Crippen LogP contribution is -2.16. The number of ether oxygens (including phenoxy) is 1. The number of nitrogens with two attached hydrogens (primary N) is 1. The number of amides is 1. The summed E-state index contributed by atoms with van der Waals surface area (Å²) >= 11 is 1.33. The van der Waals surface area contributed by atoms with Crippen LogP contribution in [-0.4, -0.2) is 23.1 Å². The molecule has 0 bridgehead atoms. The molecule has 0 radical (unpaired) electrons. The quantitative estimate of drug-likeness (QED) is 0.849. The Morgan fingerprint density at radius 2 is 2.14 bits per heavy atom. The van der Waals surface area contributed by atoms with Gasteiger partial charge in [0.05, 0.1) is 17.9 Å². The summed E-state index contributed by atoms with van der Waals surface area (Å²) in [4.78, 5) is 25.0. The molecule has 0 aromatic carbocycles. The first-order valence-electron chi connectivity index (χ1n) is 6.43. The fourth-order valence-electron chi connectivity index (χ4n) is 1.95. The van der Waals surface area contributed by atoms with Gasteiger partial charge >= 0.3 is 5.97 Å². The van der Waals surface area contributed by atoms with Crippen LogP contribution < -0.4 is 11.1 Å². The lowest BCUT2D eigenvalue weighted by molar-refractivity contribution is 0.0528. The van der Waals surface area contributed by atoms with E-state index in [0.717, 1.165) is 4.88 Å². The first kappa shape index (κ1) is 15.1. The highest BCUT2D eigenvalue weighted by atomic mass is 32.1. The highest BCUT2D eigenvalue weighted by molar-refractivity contribution is 7.16. The van der Waals surface area contributed by atoms with Gasteiger partial charge in [-0.25, -0.2) is 4.79 Å². The minimum atomic E-state index is -0.441. The van der Waals surface area contributed by atoms with Crippen LogP contribution in [0.2, 0.25) is 0 Å². The molecule has 2 rings (SSSR count). The van der Waals surface area contributed by atoms with Crippen LogP contribution in [0.1, 0.15) is 32.6 Å². The third-order valence-corrected chi connectivity index (χ3v) is 3.80. The predicted molar refractivity (Wildman–Crippen MR) is 82.8 cm³/mol. The molecule has 0 atom stereocenters. The van der Waals surface area contributed by atoms with Crippen LogP contribution in [0.4, 0.5) is 10.7 Å². The lowest BCUT2D eigenvalue weighted by Gasteiger charge is -2.06. The van der Waals surface area contributed by atoms with E-state index in [1.807, 2.05) is 6.92 Å². The van der Waals surface area contributed by atoms with Gasteiger partial charge in [0.2, 0.25) is 0 Å². The minimum absolute atomic E-state index is 0.287. The van der Waals surface area contributed by atoms with Gasteiger partial charge in [-0.1, -0.05) is 0 Å². The van der Waals surface area contributed by atoms with Crippen LogP contribution in [-0.2, 0) is 11.8 Å². The van der Waals surface area contributed by atoms with Crippen molar-refractivity contribution in [3.63, 3.8) is 0 Å². The molecule has 0 unspecified atom stereocenters. The highest BCUT2D eigenvalue weighted by Gasteiger charge is 2.19. The smallest absolute Gasteiger partial charge is 0.341 e. The van der Waals surface area contributed by atoms with Crippen LogP contribution in [0, 0.1) is 6.92 Å². The summed E-state index contributed by atoms with van der Waals surface area (Å²) in [6.45, 7) is 3.89. The highest BCUT2D eigenvalue weighted by Crippen LogP contribution is 2.29. The number of hydrogen-bond donors (Lipinski definition) is 2. The van der Waals surface area contributed by atoms with Crippen LogP contribution >= 0.6 is 11.3 Å². The molecule has 7 heteroatoms. The molecule has 2 aromatic heterocycles. The molecule has 0 aliphatic carbocycles. The van der Waals surface area contributed by atoms with Gasteiger partial charge in [0, 0.05) is 18.1 Å². The van der Waals surface area contributed by atoms with Crippen molar-refractivity contribution in [3.05, 3.63) is 34.5 Å². The molecular formula is C14H17N3O3S. The Labute approximate surface area is 126 Å². The summed E-state index contributed by atoms with van der Waals surface area (Å²) in [6.07, 6.45) is 1.65. The third kappa shape index (κ3) is 3.25. The molecule has 0 aliphatic heterocycles. The van der Waals surface area contributed by atoms with Gasteiger partial charge in [-0.05, 0) is 26.0 Å². The molecular weight excluding hydrogens is 290 g/mol. The number of hydrogen-bond acceptors (Lipinski definition) is 5. The molecule has 0 saturated heterocycles. The number of aryl methyl sites for hydroxylation is 2. The van der Waals surface area contributed by atoms with Crippen molar-refractivity contribution in [1.82, 2.24) is 4.57 Å². The fraction of sp³-hybridized carbons (Fsp3) is 0.286. The van der Waals surface area contributed by atoms with E-state index in [2.05, 4.69) is 5.32 Å². The molecule has 1 amide bonds. The molecule has 2 aromatic rings. The molecule has 21 heavy (non-hydrogen) atoms. The second-order valence-electron chi connectivity index (χ2n) is 4.54. The first-order valence-corrected chi connectivity index (χ1v) is 7.24. The number of rotatable bonds is 4. The summed E-state index contributed by atoms with van der Waals surface area (Å²) in [7, 11) is 1.73. The van der Waals surface area contributed by atoms with E-state index in [9.17, 15) is 9.59 Å². The van der Waals surface area contributed by atoms with Crippen molar-refractivity contribution in [2.24, 2.45) is 7.05 Å². The maximum absolute atomic E-state index is 12.3. The molecule has 6 nitrogen and oxygen atoms in total. The predicted octanol–water partition coefficient (Wildman–Crippen LogP) is 2.41. The Morgan fingerprint density at radius 3 is 2.71 bits per heavy atom. The van der Waals surface area contributed by atoms with E-state index in [-0.39, 0.29) is 12.5 Å². The number of aromatic nitrogens is 1. The van der Waals surface area contributed by atoms with Gasteiger partial charge in [0.1, 0.15) is 10.7 Å². The zero-order valence-electron chi connectivity index (χ0n) is 12.1. The number of carbonyl (C=O) groups excluding carboxylic acids is 2. The fourth-order valence-corrected chi connectivity index (χ4v) is 2.85. The second-order valence-corrected chi connectivity index (χ2v) is 5.80. The van der Waals surface area contributed by atoms with E-state index in [0.29, 0.717) is 21.9 Å². The number of anilines is 2. The Kier molecular flexibility index (Phi) is 4.32. The molecule has 0 saturated carbocycles. The van der Waals surface area contributed by atoms with Crippen LogP contribution in [0.5, 0.6) is 0 Å². The first-order chi connectivity index (χ1) is 9.92. The normalized spacial score (nSPS) is 10.4. The molecule has 3 N–H and O–H groups in total. The summed E-state index contributed by atoms with van der Waals surface area (Å²) in [5, 5.41) is 3.23. The van der Waals surface area contributed by atoms with Gasteiger partial charge in [0.25, 0.3) is 5.91 Å². The molecule has 0 aliphatic rings. The van der Waals surface area contributed by atoms with Crippen LogP contribution in [0.3, 0.4) is 0 Å². The van der Waals surface area contributed by atoms with E-state index in [1.54, 1.807) is 36.9 Å². The van der Waals surface area contributed by atoms with Crippen LogP contribution in [0.25, 0.3) is 0 Å². The number of thiophene rings is 1. The number of nitrogen functional groups attached to an aromatic ring is 1. The summed E-state index contributed by atoms with van der Waals surface area (Å²) in [5.41, 5.74) is 6.96. The van der Waals surface area contributed by atoms with Gasteiger partial charge in [-0.15, -0.1) is 11.3 Å². The third-order valence-electron chi connectivity index (χ3n) is 2.84. The van der Waals surface area contributed by atoms with Crippen molar-refractivity contribution >= 4 is 33.9 Å². The Balaban J connectivity index is 2.25. The van der Waals surface area contributed by atoms with Gasteiger partial charge < -0.3 is 20.4 Å². The molecule has 0 spiro atoms. The standard InChI is InChI=1S/C14H17N3O3S/c1-4-20-14(19)10-5-8(2)21-13(10)16-12(18)11-6-9(15)7-17(11)3/h5-7H,4,15H2,1-3H3,(H,16,18). The maximum atomic E-state index is 12.3. The van der Waals surface area contributed by atoms with E-state index in [1.165, 1.54) is 11.3 Å². The zero-order valence-corrected chi connectivity index (χ0v) is 12.9. The number of esters is 1. The Bertz CT molecular complexity index is 688. The summed E-state index contributed by atoms with van der Waals surface area (Å²) in [5.74, 6) is -0.759. The SMILES string of the molecule is CCOC(=O)c1cc(C)sc1NC(=O)c1cc(N)cn1C. The van der Waals surface area contributed by atoms with Crippen molar-refractivity contribution in [3.8, 4) is 0 Å². The van der Waals surface area contributed by atoms with Crippen molar-refractivity contribution in [2.45, 2.75) is 13.8 Å².